The van der Waals surface area contributed by atoms with E-state index in [1.807, 2.05) is 0 Å². The van der Waals surface area contributed by atoms with Gasteiger partial charge in [0.05, 0.1) is 0 Å². The maximum Gasteiger partial charge on any atom is 0.0309 e. The van der Waals surface area contributed by atoms with Gasteiger partial charge in [0.1, 0.15) is 0 Å². The van der Waals surface area contributed by atoms with Crippen molar-refractivity contribution in [3.05, 3.63) is 12.2 Å². The van der Waals surface area contributed by atoms with Crippen molar-refractivity contribution in [2.24, 2.45) is 11.7 Å². The van der Waals surface area contributed by atoms with Crippen LogP contribution in [0.25, 0.3) is 0 Å². The van der Waals surface area contributed by atoms with Crippen LogP contribution in [-0.4, -0.2) is 18.6 Å². The standard InChI is InChI=1S/C11H22N2/c1-3-4-5-6-13-11(9-12)7-10(2)8-11/h3-4,10,13H,5-9,12H2,1-2H3/b4-3+. The monoisotopic (exact) mass is 182 g/mol. The fraction of sp³-hybridized carbons (Fsp3) is 0.818. The van der Waals surface area contributed by atoms with Gasteiger partial charge >= 0.3 is 0 Å². The Hall–Kier alpha value is -0.340. The van der Waals surface area contributed by atoms with Crippen LogP contribution in [0, 0.1) is 5.92 Å². The minimum absolute atomic E-state index is 0.279. The summed E-state index contributed by atoms with van der Waals surface area (Å²) in [5, 5.41) is 3.57. The molecule has 0 unspecified atom stereocenters. The maximum atomic E-state index is 5.77. The molecular weight excluding hydrogens is 160 g/mol. The molecule has 0 amide bonds. The summed E-state index contributed by atoms with van der Waals surface area (Å²) in [6.45, 7) is 6.20. The Morgan fingerprint density at radius 1 is 1.54 bits per heavy atom. The highest BCUT2D eigenvalue weighted by molar-refractivity contribution is 5.00. The van der Waals surface area contributed by atoms with Crippen LogP contribution in [0.5, 0.6) is 0 Å². The largest absolute Gasteiger partial charge is 0.329 e. The van der Waals surface area contributed by atoms with E-state index in [1.165, 1.54) is 12.8 Å². The maximum absolute atomic E-state index is 5.77. The molecule has 76 valence electrons. The van der Waals surface area contributed by atoms with Crippen LogP contribution in [0.15, 0.2) is 12.2 Å². The minimum Gasteiger partial charge on any atom is -0.329 e. The van der Waals surface area contributed by atoms with Gasteiger partial charge in [-0.25, -0.2) is 0 Å². The molecule has 13 heavy (non-hydrogen) atoms. The quantitative estimate of drug-likeness (QED) is 0.501. The van der Waals surface area contributed by atoms with Crippen molar-refractivity contribution in [3.63, 3.8) is 0 Å². The van der Waals surface area contributed by atoms with Gasteiger partial charge in [0.15, 0.2) is 0 Å². The van der Waals surface area contributed by atoms with Crippen LogP contribution in [0.2, 0.25) is 0 Å². The van der Waals surface area contributed by atoms with Crippen molar-refractivity contribution in [1.29, 1.82) is 0 Å². The highest BCUT2D eigenvalue weighted by atomic mass is 15.0. The number of hydrogen-bond donors (Lipinski definition) is 2. The molecular formula is C11H22N2. The zero-order valence-corrected chi connectivity index (χ0v) is 8.84. The van der Waals surface area contributed by atoms with Gasteiger partial charge < -0.3 is 11.1 Å². The Balaban J connectivity index is 2.18. The predicted octanol–water partition coefficient (Wildman–Crippen LogP) is 1.67. The summed E-state index contributed by atoms with van der Waals surface area (Å²) in [6, 6.07) is 0. The summed E-state index contributed by atoms with van der Waals surface area (Å²) >= 11 is 0. The lowest BCUT2D eigenvalue weighted by molar-refractivity contribution is 0.125. The molecule has 1 rings (SSSR count). The van der Waals surface area contributed by atoms with Crippen LogP contribution in [0.4, 0.5) is 0 Å². The first kappa shape index (κ1) is 10.7. The van der Waals surface area contributed by atoms with E-state index in [9.17, 15) is 0 Å². The first-order chi connectivity index (χ1) is 6.22. The van der Waals surface area contributed by atoms with E-state index in [-0.39, 0.29) is 5.54 Å². The molecule has 0 saturated heterocycles. The van der Waals surface area contributed by atoms with Gasteiger partial charge in [-0.05, 0) is 38.6 Å². The third kappa shape index (κ3) is 2.82. The Bertz CT molecular complexity index is 169. The fourth-order valence-corrected chi connectivity index (χ4v) is 2.24. The van der Waals surface area contributed by atoms with E-state index in [0.717, 1.165) is 25.4 Å². The smallest absolute Gasteiger partial charge is 0.0309 e. The summed E-state index contributed by atoms with van der Waals surface area (Å²) in [4.78, 5) is 0. The Morgan fingerprint density at radius 3 is 2.69 bits per heavy atom. The molecule has 2 heteroatoms. The lowest BCUT2D eigenvalue weighted by Gasteiger charge is -2.46. The summed E-state index contributed by atoms with van der Waals surface area (Å²) in [7, 11) is 0. The molecule has 0 aromatic rings. The van der Waals surface area contributed by atoms with E-state index < -0.39 is 0 Å². The third-order valence-corrected chi connectivity index (χ3v) is 2.92. The van der Waals surface area contributed by atoms with Crippen molar-refractivity contribution in [1.82, 2.24) is 5.32 Å². The molecule has 0 heterocycles. The molecule has 3 N–H and O–H groups in total. The van der Waals surface area contributed by atoms with Crippen LogP contribution in [-0.2, 0) is 0 Å². The molecule has 0 bridgehead atoms. The second-order valence-electron chi connectivity index (χ2n) is 4.28. The van der Waals surface area contributed by atoms with Crippen molar-refractivity contribution in [3.8, 4) is 0 Å². The zero-order chi connectivity index (χ0) is 9.73. The van der Waals surface area contributed by atoms with Gasteiger partial charge in [0.25, 0.3) is 0 Å². The van der Waals surface area contributed by atoms with Crippen LogP contribution < -0.4 is 11.1 Å². The highest BCUT2D eigenvalue weighted by Crippen LogP contribution is 2.36. The first-order valence-electron chi connectivity index (χ1n) is 5.29. The first-order valence-corrected chi connectivity index (χ1v) is 5.29. The molecule has 1 fully saturated rings. The van der Waals surface area contributed by atoms with Gasteiger partial charge in [0.2, 0.25) is 0 Å². The Labute approximate surface area is 81.6 Å². The fourth-order valence-electron chi connectivity index (χ4n) is 2.24. The molecule has 0 aliphatic heterocycles. The normalized spacial score (nSPS) is 33.6. The number of nitrogens with one attached hydrogen (secondary N) is 1. The third-order valence-electron chi connectivity index (χ3n) is 2.92. The number of allylic oxidation sites excluding steroid dienone is 1. The summed E-state index contributed by atoms with van der Waals surface area (Å²) in [5.74, 6) is 0.859. The summed E-state index contributed by atoms with van der Waals surface area (Å²) in [6.07, 6.45) is 7.91. The molecule has 1 saturated carbocycles. The topological polar surface area (TPSA) is 38.0 Å². The Kier molecular flexibility index (Phi) is 3.94. The lowest BCUT2D eigenvalue weighted by atomic mass is 9.69. The molecule has 0 atom stereocenters. The lowest BCUT2D eigenvalue weighted by Crippen LogP contribution is -2.59. The number of hydrogen-bond acceptors (Lipinski definition) is 2. The highest BCUT2D eigenvalue weighted by Gasteiger charge is 2.39. The molecule has 0 spiro atoms. The van der Waals surface area contributed by atoms with Gasteiger partial charge in [-0.2, -0.15) is 0 Å². The second-order valence-corrected chi connectivity index (χ2v) is 4.28. The van der Waals surface area contributed by atoms with Gasteiger partial charge in [-0.3, -0.25) is 0 Å². The van der Waals surface area contributed by atoms with Crippen molar-refractivity contribution < 1.29 is 0 Å². The molecule has 0 aromatic heterocycles. The van der Waals surface area contributed by atoms with Gasteiger partial charge in [-0.1, -0.05) is 19.1 Å². The van der Waals surface area contributed by atoms with Crippen molar-refractivity contribution in [2.75, 3.05) is 13.1 Å². The molecule has 0 radical (unpaired) electrons. The minimum atomic E-state index is 0.279. The number of nitrogens with two attached hydrogens (primary N) is 1. The summed E-state index contributed by atoms with van der Waals surface area (Å²) < 4.78 is 0. The molecule has 1 aliphatic rings. The van der Waals surface area contributed by atoms with Crippen LogP contribution >= 0.6 is 0 Å². The van der Waals surface area contributed by atoms with E-state index in [4.69, 9.17) is 5.73 Å². The van der Waals surface area contributed by atoms with Gasteiger partial charge in [-0.15, -0.1) is 0 Å². The van der Waals surface area contributed by atoms with Crippen LogP contribution in [0.3, 0.4) is 0 Å². The average Bonchev–Trinajstić information content (AvgIpc) is 2.08. The predicted molar refractivity (Wildman–Crippen MR) is 57.6 cm³/mol. The molecule has 0 aromatic carbocycles. The zero-order valence-electron chi connectivity index (χ0n) is 8.84. The Morgan fingerprint density at radius 2 is 2.23 bits per heavy atom. The molecule has 2 nitrogen and oxygen atoms in total. The number of rotatable bonds is 5. The average molecular weight is 182 g/mol. The molecule has 1 aliphatic carbocycles. The second kappa shape index (κ2) is 4.77. The van der Waals surface area contributed by atoms with Crippen molar-refractivity contribution >= 4 is 0 Å². The SMILES string of the molecule is C/C=C/CCNC1(CN)CC(C)C1. The van der Waals surface area contributed by atoms with Gasteiger partial charge in [0, 0.05) is 12.1 Å². The van der Waals surface area contributed by atoms with E-state index in [0.29, 0.717) is 0 Å². The summed E-state index contributed by atoms with van der Waals surface area (Å²) in [5.41, 5.74) is 6.04. The van der Waals surface area contributed by atoms with E-state index in [1.54, 1.807) is 0 Å². The van der Waals surface area contributed by atoms with Crippen molar-refractivity contribution in [2.45, 2.75) is 38.6 Å². The van der Waals surface area contributed by atoms with E-state index >= 15 is 0 Å². The van der Waals surface area contributed by atoms with E-state index in [2.05, 4.69) is 31.3 Å². The van der Waals surface area contributed by atoms with Crippen LogP contribution in [0.1, 0.15) is 33.1 Å².